The van der Waals surface area contributed by atoms with E-state index < -0.39 is 36.1 Å². The highest BCUT2D eigenvalue weighted by atomic mass is 16.5. The zero-order chi connectivity index (χ0) is 15.7. The molecule has 8 nitrogen and oxygen atoms in total. The summed E-state index contributed by atoms with van der Waals surface area (Å²) in [5.74, 6) is -1.26. The Morgan fingerprint density at radius 3 is 2.67 bits per heavy atom. The van der Waals surface area contributed by atoms with Gasteiger partial charge in [-0.2, -0.15) is 0 Å². The first-order chi connectivity index (χ1) is 9.90. The van der Waals surface area contributed by atoms with Crippen molar-refractivity contribution in [2.24, 2.45) is 11.7 Å². The average molecular weight is 297 g/mol. The van der Waals surface area contributed by atoms with Crippen molar-refractivity contribution in [1.29, 1.82) is 0 Å². The first kappa shape index (κ1) is 15.6. The van der Waals surface area contributed by atoms with Gasteiger partial charge >= 0.3 is 0 Å². The molecule has 0 bridgehead atoms. The molecule has 0 aromatic carbocycles. The Kier molecular flexibility index (Phi) is 4.38. The highest BCUT2D eigenvalue weighted by molar-refractivity contribution is 5.97. The summed E-state index contributed by atoms with van der Waals surface area (Å²) in [7, 11) is 0. The lowest BCUT2D eigenvalue weighted by Gasteiger charge is -2.34. The Bertz CT molecular complexity index is 478. The summed E-state index contributed by atoms with van der Waals surface area (Å²) in [5, 5.41) is 2.54. The first-order valence-electron chi connectivity index (χ1n) is 6.85. The molecule has 2 fully saturated rings. The van der Waals surface area contributed by atoms with E-state index >= 15 is 0 Å². The lowest BCUT2D eigenvalue weighted by atomic mass is 9.93. The molecule has 2 rings (SSSR count). The number of hydrogen-bond acceptors (Lipinski definition) is 6. The predicted molar refractivity (Wildman–Crippen MR) is 70.8 cm³/mol. The van der Waals surface area contributed by atoms with Crippen LogP contribution in [-0.4, -0.2) is 59.7 Å². The van der Waals surface area contributed by atoms with Crippen molar-refractivity contribution in [3.05, 3.63) is 0 Å². The van der Waals surface area contributed by atoms with Crippen molar-refractivity contribution in [2.45, 2.75) is 44.7 Å². The number of rotatable bonds is 6. The molecule has 2 heterocycles. The van der Waals surface area contributed by atoms with Gasteiger partial charge in [-0.3, -0.25) is 14.4 Å². The Labute approximate surface area is 122 Å². The maximum atomic E-state index is 12.6. The molecule has 2 saturated heterocycles. The molecule has 0 radical (unpaired) electrons. The number of fused-ring (bicyclic) bond motifs is 1. The van der Waals surface area contributed by atoms with Crippen LogP contribution in [0, 0.1) is 5.92 Å². The van der Waals surface area contributed by atoms with Crippen molar-refractivity contribution in [1.82, 2.24) is 10.2 Å². The Hall–Kier alpha value is -1.80. The number of ether oxygens (including phenoxy) is 1. The van der Waals surface area contributed by atoms with Gasteiger partial charge in [0.25, 0.3) is 0 Å². The number of nitrogens with one attached hydrogen (secondary N) is 1. The van der Waals surface area contributed by atoms with Gasteiger partial charge < -0.3 is 25.5 Å². The first-order valence-corrected chi connectivity index (χ1v) is 6.85. The zero-order valence-electron chi connectivity index (χ0n) is 11.9. The number of nitrogens with two attached hydrogens (primary N) is 1. The number of nitrogens with zero attached hydrogens (tertiary/aromatic N) is 1. The van der Waals surface area contributed by atoms with Crippen LogP contribution in [0.2, 0.25) is 0 Å². The molecule has 2 amide bonds. The third-order valence-corrected chi connectivity index (χ3v) is 3.78. The van der Waals surface area contributed by atoms with Crippen LogP contribution in [0.3, 0.4) is 0 Å². The quantitative estimate of drug-likeness (QED) is 0.440. The molecule has 0 saturated carbocycles. The smallest absolute Gasteiger partial charge is 0.234 e. The number of β-lactam (4-membered cyclic amide) rings is 1. The van der Waals surface area contributed by atoms with Gasteiger partial charge in [0, 0.05) is 0 Å². The molecule has 2 aliphatic heterocycles. The molecule has 21 heavy (non-hydrogen) atoms. The summed E-state index contributed by atoms with van der Waals surface area (Å²) in [6, 6.07) is -1.72. The van der Waals surface area contributed by atoms with Crippen molar-refractivity contribution >= 4 is 23.9 Å². The van der Waals surface area contributed by atoms with E-state index in [0.717, 1.165) is 0 Å². The summed E-state index contributed by atoms with van der Waals surface area (Å²) < 4.78 is 5.48. The van der Waals surface area contributed by atoms with E-state index in [1.165, 1.54) is 4.90 Å². The lowest BCUT2D eigenvalue weighted by molar-refractivity contribution is -0.160. The van der Waals surface area contributed by atoms with Gasteiger partial charge in [0.15, 0.2) is 5.78 Å². The van der Waals surface area contributed by atoms with E-state index in [1.54, 1.807) is 13.8 Å². The fourth-order valence-electron chi connectivity index (χ4n) is 2.62. The predicted octanol–water partition coefficient (Wildman–Crippen LogP) is -1.82. The number of amides is 2. The van der Waals surface area contributed by atoms with Crippen molar-refractivity contribution in [2.75, 3.05) is 6.54 Å². The third kappa shape index (κ3) is 2.68. The SMILES string of the molecule is CC(C)C(NC(=O)CN)C(=O)C1OC2CC(=O)N2C1C=O. The lowest BCUT2D eigenvalue weighted by Crippen LogP contribution is -2.56. The van der Waals surface area contributed by atoms with Crippen molar-refractivity contribution in [3.8, 4) is 0 Å². The molecule has 3 N–H and O–H groups in total. The van der Waals surface area contributed by atoms with E-state index in [2.05, 4.69) is 5.32 Å². The summed E-state index contributed by atoms with van der Waals surface area (Å²) in [6.45, 7) is 3.31. The highest BCUT2D eigenvalue weighted by Gasteiger charge is 2.55. The molecule has 4 unspecified atom stereocenters. The Balaban J connectivity index is 2.15. The monoisotopic (exact) mass is 297 g/mol. The van der Waals surface area contributed by atoms with Crippen LogP contribution < -0.4 is 11.1 Å². The van der Waals surface area contributed by atoms with Crippen LogP contribution in [0.25, 0.3) is 0 Å². The van der Waals surface area contributed by atoms with Crippen molar-refractivity contribution < 1.29 is 23.9 Å². The van der Waals surface area contributed by atoms with Crippen LogP contribution in [0.1, 0.15) is 20.3 Å². The van der Waals surface area contributed by atoms with E-state index in [0.29, 0.717) is 6.29 Å². The molecule has 0 spiro atoms. The van der Waals surface area contributed by atoms with Gasteiger partial charge in [-0.15, -0.1) is 0 Å². The van der Waals surface area contributed by atoms with Crippen LogP contribution >= 0.6 is 0 Å². The van der Waals surface area contributed by atoms with E-state index in [9.17, 15) is 19.2 Å². The molecule has 4 atom stereocenters. The van der Waals surface area contributed by atoms with E-state index in [4.69, 9.17) is 10.5 Å². The van der Waals surface area contributed by atoms with Gasteiger partial charge in [0.05, 0.1) is 19.0 Å². The minimum Gasteiger partial charge on any atom is -0.345 e. The minimum absolute atomic E-state index is 0.176. The molecular formula is C13H19N3O5. The molecule has 0 aromatic heterocycles. The van der Waals surface area contributed by atoms with Gasteiger partial charge in [-0.1, -0.05) is 13.8 Å². The molecular weight excluding hydrogens is 278 g/mol. The second-order valence-corrected chi connectivity index (χ2v) is 5.54. The fraction of sp³-hybridized carbons (Fsp3) is 0.692. The van der Waals surface area contributed by atoms with E-state index in [-0.39, 0.29) is 24.8 Å². The number of hydrogen-bond donors (Lipinski definition) is 2. The van der Waals surface area contributed by atoms with Crippen LogP contribution in [0.4, 0.5) is 0 Å². The Morgan fingerprint density at radius 1 is 1.52 bits per heavy atom. The van der Waals surface area contributed by atoms with Crippen LogP contribution in [-0.2, 0) is 23.9 Å². The highest BCUT2D eigenvalue weighted by Crippen LogP contribution is 2.34. The maximum absolute atomic E-state index is 12.6. The summed E-state index contributed by atoms with van der Waals surface area (Å²) in [5.41, 5.74) is 5.24. The molecule has 8 heteroatoms. The number of Topliss-reactive ketones (excluding diaryl/α,β-unsaturated/α-hetero) is 1. The maximum Gasteiger partial charge on any atom is 0.234 e. The largest absolute Gasteiger partial charge is 0.345 e. The standard InChI is InChI=1S/C13H19N3O5/c1-6(2)11(15-8(18)4-14)12(20)13-7(5-17)16-9(19)3-10(16)21-13/h5-7,10-11,13H,3-4,14H2,1-2H3,(H,15,18). The minimum atomic E-state index is -1.04. The van der Waals surface area contributed by atoms with Crippen molar-refractivity contribution in [3.63, 3.8) is 0 Å². The van der Waals surface area contributed by atoms with Gasteiger partial charge in [0.2, 0.25) is 11.8 Å². The number of carbonyl (C=O) groups excluding carboxylic acids is 4. The van der Waals surface area contributed by atoms with Crippen LogP contribution in [0.5, 0.6) is 0 Å². The van der Waals surface area contributed by atoms with Gasteiger partial charge in [-0.05, 0) is 5.92 Å². The number of ketones is 1. The normalized spacial score (nSPS) is 28.9. The Morgan fingerprint density at radius 2 is 2.19 bits per heavy atom. The van der Waals surface area contributed by atoms with Gasteiger partial charge in [-0.25, -0.2) is 0 Å². The molecule has 2 aliphatic rings. The number of aldehydes is 1. The van der Waals surface area contributed by atoms with Gasteiger partial charge in [0.1, 0.15) is 24.7 Å². The molecule has 0 aliphatic carbocycles. The second kappa shape index (κ2) is 5.90. The second-order valence-electron chi connectivity index (χ2n) is 5.54. The summed E-state index contributed by atoms with van der Waals surface area (Å²) >= 11 is 0. The third-order valence-electron chi connectivity index (χ3n) is 3.78. The topological polar surface area (TPSA) is 119 Å². The fourth-order valence-corrected chi connectivity index (χ4v) is 2.62. The molecule has 0 aromatic rings. The van der Waals surface area contributed by atoms with Crippen LogP contribution in [0.15, 0.2) is 0 Å². The summed E-state index contributed by atoms with van der Waals surface area (Å²) in [6.07, 6.45) is -0.832. The van der Waals surface area contributed by atoms with E-state index in [1.807, 2.05) is 0 Å². The zero-order valence-corrected chi connectivity index (χ0v) is 11.9. The average Bonchev–Trinajstić information content (AvgIpc) is 2.75. The summed E-state index contributed by atoms with van der Waals surface area (Å²) in [4.78, 5) is 47.9. The number of carbonyl (C=O) groups is 4. The molecule has 116 valence electrons.